The zero-order valence-electron chi connectivity index (χ0n) is 15.9. The van der Waals surface area contributed by atoms with E-state index in [2.05, 4.69) is 19.9 Å². The van der Waals surface area contributed by atoms with Crippen molar-refractivity contribution < 1.29 is 9.59 Å². The van der Waals surface area contributed by atoms with E-state index in [-0.39, 0.29) is 21.7 Å². The minimum atomic E-state index is -0.0202. The summed E-state index contributed by atoms with van der Waals surface area (Å²) in [7, 11) is 0. The highest BCUT2D eigenvalue weighted by Gasteiger charge is 2.18. The molecule has 0 saturated carbocycles. The summed E-state index contributed by atoms with van der Waals surface area (Å²) in [6, 6.07) is 10.7. The second kappa shape index (κ2) is 9.30. The molecule has 32 heavy (non-hydrogen) atoms. The van der Waals surface area contributed by atoms with Gasteiger partial charge in [-0.2, -0.15) is 0 Å². The molecule has 0 N–H and O–H groups in total. The number of aldehydes is 2. The molecular formula is C22H10Cl4N4O2. The zero-order valence-corrected chi connectivity index (χ0v) is 18.9. The average molecular weight is 504 g/mol. The van der Waals surface area contributed by atoms with E-state index in [4.69, 9.17) is 46.4 Å². The SMILES string of the molecule is O=Cc1ncc(-c2cccc(-c3cccc(-c4cnc(C=O)c(Cl)n4)c3Cl)c2Cl)nc1Cl. The summed E-state index contributed by atoms with van der Waals surface area (Å²) in [6.45, 7) is 0. The first kappa shape index (κ1) is 22.3. The van der Waals surface area contributed by atoms with Crippen LogP contribution < -0.4 is 0 Å². The third-order valence-corrected chi connectivity index (χ3v) is 5.95. The van der Waals surface area contributed by atoms with Crippen molar-refractivity contribution >= 4 is 59.0 Å². The summed E-state index contributed by atoms with van der Waals surface area (Å²) in [6.07, 6.45) is 3.90. The predicted octanol–water partition coefficient (Wildman–Crippen LogP) is 6.51. The summed E-state index contributed by atoms with van der Waals surface area (Å²) >= 11 is 25.5. The lowest BCUT2D eigenvalue weighted by molar-refractivity contribution is 0.111. The van der Waals surface area contributed by atoms with Crippen LogP contribution in [0.4, 0.5) is 0 Å². The minimum absolute atomic E-state index is 0.0202. The molecule has 0 amide bonds. The van der Waals surface area contributed by atoms with Crippen molar-refractivity contribution in [2.24, 2.45) is 0 Å². The van der Waals surface area contributed by atoms with Crippen LogP contribution in [0.3, 0.4) is 0 Å². The fraction of sp³-hybridized carbons (Fsp3) is 0. The molecule has 0 fully saturated rings. The minimum Gasteiger partial charge on any atom is -0.296 e. The molecule has 0 aliphatic carbocycles. The highest BCUT2D eigenvalue weighted by molar-refractivity contribution is 6.39. The van der Waals surface area contributed by atoms with Crippen molar-refractivity contribution in [3.63, 3.8) is 0 Å². The number of carbonyl (C=O) groups is 2. The lowest BCUT2D eigenvalue weighted by Gasteiger charge is -2.13. The van der Waals surface area contributed by atoms with E-state index in [0.29, 0.717) is 56.3 Å². The molecule has 0 unspecified atom stereocenters. The Labute approximate surface area is 202 Å². The monoisotopic (exact) mass is 502 g/mol. The largest absolute Gasteiger partial charge is 0.296 e. The van der Waals surface area contributed by atoms with Crippen molar-refractivity contribution in [2.45, 2.75) is 0 Å². The summed E-state index contributed by atoms with van der Waals surface area (Å²) in [4.78, 5) is 38.4. The molecule has 0 aliphatic rings. The molecule has 2 aromatic carbocycles. The van der Waals surface area contributed by atoms with Crippen molar-refractivity contribution in [3.8, 4) is 33.6 Å². The quantitative estimate of drug-likeness (QED) is 0.288. The molecule has 0 bridgehead atoms. The summed E-state index contributed by atoms with van der Waals surface area (Å²) in [5, 5.41) is 0.703. The van der Waals surface area contributed by atoms with Gasteiger partial charge in [0.25, 0.3) is 0 Å². The standard InChI is InChI=1S/C22H10Cl4N4O2/c23-19-11(3-1-5-13(19)15-7-27-17(9-31)21(25)29-15)12-4-2-6-14(20(12)24)16-8-28-18(10-32)22(26)30-16/h1-10H. The van der Waals surface area contributed by atoms with Gasteiger partial charge in [0.2, 0.25) is 0 Å². The number of halogens is 4. The van der Waals surface area contributed by atoms with Gasteiger partial charge in [0.15, 0.2) is 22.9 Å². The molecule has 4 rings (SSSR count). The molecular weight excluding hydrogens is 494 g/mol. The molecule has 10 heteroatoms. The molecule has 0 saturated heterocycles. The van der Waals surface area contributed by atoms with Crippen LogP contribution in [0.5, 0.6) is 0 Å². The summed E-state index contributed by atoms with van der Waals surface area (Å²) < 4.78 is 0. The predicted molar refractivity (Wildman–Crippen MR) is 125 cm³/mol. The molecule has 158 valence electrons. The number of nitrogens with zero attached hydrogens (tertiary/aromatic N) is 4. The molecule has 0 radical (unpaired) electrons. The van der Waals surface area contributed by atoms with Gasteiger partial charge in [-0.05, 0) is 0 Å². The normalized spacial score (nSPS) is 10.8. The second-order valence-corrected chi connectivity index (χ2v) is 7.90. The average Bonchev–Trinajstić information content (AvgIpc) is 2.79. The van der Waals surface area contributed by atoms with E-state index in [1.54, 1.807) is 36.4 Å². The van der Waals surface area contributed by atoms with E-state index in [9.17, 15) is 9.59 Å². The Morgan fingerprint density at radius 1 is 0.594 bits per heavy atom. The lowest BCUT2D eigenvalue weighted by atomic mass is 9.98. The first-order valence-electron chi connectivity index (χ1n) is 8.98. The topological polar surface area (TPSA) is 85.7 Å². The third kappa shape index (κ3) is 4.10. The van der Waals surface area contributed by atoms with Crippen molar-refractivity contribution in [1.29, 1.82) is 0 Å². The van der Waals surface area contributed by atoms with Gasteiger partial charge < -0.3 is 0 Å². The molecule has 4 aromatic rings. The molecule has 0 spiro atoms. The van der Waals surface area contributed by atoms with Gasteiger partial charge in [0.05, 0.1) is 33.8 Å². The maximum Gasteiger partial charge on any atom is 0.171 e. The molecule has 2 heterocycles. The van der Waals surface area contributed by atoms with Gasteiger partial charge in [-0.25, -0.2) is 19.9 Å². The summed E-state index contributed by atoms with van der Waals surface area (Å²) in [5.41, 5.74) is 3.29. The molecule has 6 nitrogen and oxygen atoms in total. The van der Waals surface area contributed by atoms with Crippen LogP contribution in [-0.4, -0.2) is 32.5 Å². The Morgan fingerprint density at radius 3 is 1.31 bits per heavy atom. The van der Waals surface area contributed by atoms with Crippen LogP contribution in [-0.2, 0) is 0 Å². The van der Waals surface area contributed by atoms with E-state index in [1.807, 2.05) is 0 Å². The van der Waals surface area contributed by atoms with Gasteiger partial charge in [-0.3, -0.25) is 9.59 Å². The van der Waals surface area contributed by atoms with Gasteiger partial charge in [0, 0.05) is 22.3 Å². The first-order valence-corrected chi connectivity index (χ1v) is 10.5. The molecule has 0 aliphatic heterocycles. The number of benzene rings is 2. The fourth-order valence-electron chi connectivity index (χ4n) is 3.04. The number of hydrogen-bond donors (Lipinski definition) is 0. The Kier molecular flexibility index (Phi) is 6.48. The van der Waals surface area contributed by atoms with Crippen molar-refractivity contribution in [2.75, 3.05) is 0 Å². The van der Waals surface area contributed by atoms with Gasteiger partial charge >= 0.3 is 0 Å². The van der Waals surface area contributed by atoms with Crippen molar-refractivity contribution in [3.05, 3.63) is 80.5 Å². The van der Waals surface area contributed by atoms with Crippen LogP contribution in [0.1, 0.15) is 21.0 Å². The Morgan fingerprint density at radius 2 is 0.969 bits per heavy atom. The lowest BCUT2D eigenvalue weighted by Crippen LogP contribution is -1.96. The highest BCUT2D eigenvalue weighted by Crippen LogP contribution is 2.41. The first-order chi connectivity index (χ1) is 15.4. The number of carbonyl (C=O) groups excluding carboxylic acids is 2. The van der Waals surface area contributed by atoms with E-state index in [1.165, 1.54) is 12.4 Å². The number of hydrogen-bond acceptors (Lipinski definition) is 6. The van der Waals surface area contributed by atoms with Crippen LogP contribution in [0.15, 0.2) is 48.8 Å². The van der Waals surface area contributed by atoms with Crippen LogP contribution in [0, 0.1) is 0 Å². The molecule has 0 atom stereocenters. The van der Waals surface area contributed by atoms with E-state index >= 15 is 0 Å². The zero-order chi connectivity index (χ0) is 22.8. The molecule has 2 aromatic heterocycles. The second-order valence-electron chi connectivity index (χ2n) is 6.43. The maximum absolute atomic E-state index is 11.0. The van der Waals surface area contributed by atoms with Gasteiger partial charge in [-0.1, -0.05) is 82.8 Å². The van der Waals surface area contributed by atoms with Gasteiger partial charge in [-0.15, -0.1) is 0 Å². The van der Waals surface area contributed by atoms with E-state index < -0.39 is 0 Å². The fourth-order valence-corrected chi connectivity index (χ4v) is 4.06. The Hall–Kier alpha value is -2.90. The third-order valence-electron chi connectivity index (χ3n) is 4.57. The van der Waals surface area contributed by atoms with Crippen LogP contribution in [0.25, 0.3) is 33.6 Å². The van der Waals surface area contributed by atoms with E-state index in [0.717, 1.165) is 0 Å². The number of rotatable bonds is 5. The smallest absolute Gasteiger partial charge is 0.171 e. The van der Waals surface area contributed by atoms with Crippen LogP contribution in [0.2, 0.25) is 20.4 Å². The highest BCUT2D eigenvalue weighted by atomic mass is 35.5. The summed E-state index contributed by atoms with van der Waals surface area (Å²) in [5.74, 6) is 0. The number of aromatic nitrogens is 4. The Bertz CT molecular complexity index is 1270. The Balaban J connectivity index is 1.83. The van der Waals surface area contributed by atoms with Gasteiger partial charge in [0.1, 0.15) is 11.4 Å². The van der Waals surface area contributed by atoms with Crippen molar-refractivity contribution in [1.82, 2.24) is 19.9 Å². The maximum atomic E-state index is 11.0. The van der Waals surface area contributed by atoms with Crippen LogP contribution >= 0.6 is 46.4 Å².